The summed E-state index contributed by atoms with van der Waals surface area (Å²) in [5.41, 5.74) is 0.954. The van der Waals surface area contributed by atoms with Crippen molar-refractivity contribution in [2.24, 2.45) is 0 Å². The molecule has 17 heavy (non-hydrogen) atoms. The predicted octanol–water partition coefficient (Wildman–Crippen LogP) is 1.93. The van der Waals surface area contributed by atoms with Crippen LogP contribution >= 0.6 is 0 Å². The van der Waals surface area contributed by atoms with E-state index in [1.165, 1.54) is 0 Å². The van der Waals surface area contributed by atoms with Gasteiger partial charge in [0.1, 0.15) is 0 Å². The van der Waals surface area contributed by atoms with Crippen molar-refractivity contribution in [3.8, 4) is 0 Å². The van der Waals surface area contributed by atoms with Gasteiger partial charge in [0.25, 0.3) is 0 Å². The molecule has 1 aliphatic heterocycles. The van der Waals surface area contributed by atoms with Crippen LogP contribution in [0.4, 0.5) is 5.69 Å². The summed E-state index contributed by atoms with van der Waals surface area (Å²) in [7, 11) is 0. The maximum absolute atomic E-state index is 12.2. The molecule has 1 aromatic rings. The van der Waals surface area contributed by atoms with Crippen LogP contribution in [0.15, 0.2) is 18.2 Å². The van der Waals surface area contributed by atoms with Gasteiger partial charge in [-0.25, -0.2) is 4.79 Å². The molecular formula is C13H15NO3. The number of ketones is 1. The minimum atomic E-state index is -1.29. The van der Waals surface area contributed by atoms with Crippen molar-refractivity contribution < 1.29 is 14.3 Å². The summed E-state index contributed by atoms with van der Waals surface area (Å²) in [6.07, 6.45) is 0. The lowest BCUT2D eigenvalue weighted by Crippen LogP contribution is -2.47. The molecule has 4 heteroatoms. The van der Waals surface area contributed by atoms with Gasteiger partial charge in [-0.1, -0.05) is 11.6 Å². The zero-order valence-corrected chi connectivity index (χ0v) is 10.2. The lowest BCUT2D eigenvalue weighted by Gasteiger charge is -2.20. The number of rotatable bonds is 2. The number of esters is 1. The summed E-state index contributed by atoms with van der Waals surface area (Å²) >= 11 is 0. The summed E-state index contributed by atoms with van der Waals surface area (Å²) in [5.74, 6) is -0.756. The highest BCUT2D eigenvalue weighted by Gasteiger charge is 2.48. The Bertz CT molecular complexity index is 495. The lowest BCUT2D eigenvalue weighted by atomic mass is 9.95. The van der Waals surface area contributed by atoms with Crippen LogP contribution in [-0.2, 0) is 9.53 Å². The van der Waals surface area contributed by atoms with E-state index in [1.807, 2.05) is 19.1 Å². The van der Waals surface area contributed by atoms with Gasteiger partial charge in [0.15, 0.2) is 5.54 Å². The summed E-state index contributed by atoms with van der Waals surface area (Å²) in [5, 5.41) is 2.95. The van der Waals surface area contributed by atoms with Crippen molar-refractivity contribution in [1.82, 2.24) is 0 Å². The number of Topliss-reactive ketones (excluding diaryl/α,β-unsaturated/α-hetero) is 1. The molecule has 0 spiro atoms. The number of hydrogen-bond acceptors (Lipinski definition) is 4. The first-order chi connectivity index (χ1) is 7.99. The fourth-order valence-corrected chi connectivity index (χ4v) is 1.97. The average Bonchev–Trinajstić information content (AvgIpc) is 2.54. The van der Waals surface area contributed by atoms with Crippen molar-refractivity contribution in [1.29, 1.82) is 0 Å². The largest absolute Gasteiger partial charge is 0.464 e. The van der Waals surface area contributed by atoms with Gasteiger partial charge in [-0.3, -0.25) is 4.79 Å². The SMILES string of the molecule is CCOC(=O)C1(C)Nc2ccc(C)cc2C1=O. The number of ether oxygens (including phenoxy) is 1. The Labute approximate surface area is 100.0 Å². The van der Waals surface area contributed by atoms with Crippen LogP contribution in [0.5, 0.6) is 0 Å². The zero-order chi connectivity index (χ0) is 12.6. The van der Waals surface area contributed by atoms with Crippen molar-refractivity contribution in [2.75, 3.05) is 11.9 Å². The van der Waals surface area contributed by atoms with E-state index in [0.717, 1.165) is 5.56 Å². The molecule has 1 N–H and O–H groups in total. The second kappa shape index (κ2) is 3.87. The topological polar surface area (TPSA) is 55.4 Å². The van der Waals surface area contributed by atoms with E-state index in [4.69, 9.17) is 4.74 Å². The molecule has 1 atom stereocenters. The van der Waals surface area contributed by atoms with E-state index in [0.29, 0.717) is 11.3 Å². The Morgan fingerprint density at radius 2 is 2.18 bits per heavy atom. The van der Waals surface area contributed by atoms with Crippen LogP contribution in [0.3, 0.4) is 0 Å². The number of anilines is 1. The summed E-state index contributed by atoms with van der Waals surface area (Å²) < 4.78 is 4.94. The Morgan fingerprint density at radius 3 is 2.82 bits per heavy atom. The number of benzene rings is 1. The first kappa shape index (κ1) is 11.6. The molecule has 0 aromatic heterocycles. The van der Waals surface area contributed by atoms with Gasteiger partial charge in [-0.15, -0.1) is 0 Å². The van der Waals surface area contributed by atoms with Crippen LogP contribution in [0.2, 0.25) is 0 Å². The Hall–Kier alpha value is -1.84. The molecule has 0 bridgehead atoms. The molecule has 1 unspecified atom stereocenters. The van der Waals surface area contributed by atoms with Crippen LogP contribution in [-0.4, -0.2) is 23.9 Å². The molecule has 0 amide bonds. The maximum atomic E-state index is 12.2. The Morgan fingerprint density at radius 1 is 1.47 bits per heavy atom. The molecular weight excluding hydrogens is 218 g/mol. The predicted molar refractivity (Wildman–Crippen MR) is 64.2 cm³/mol. The van der Waals surface area contributed by atoms with Gasteiger partial charge < -0.3 is 10.1 Å². The molecule has 1 heterocycles. The minimum absolute atomic E-state index is 0.227. The second-order valence-corrected chi connectivity index (χ2v) is 4.35. The number of fused-ring (bicyclic) bond motifs is 1. The Kier molecular flexibility index (Phi) is 2.65. The number of carbonyl (C=O) groups excluding carboxylic acids is 2. The van der Waals surface area contributed by atoms with E-state index >= 15 is 0 Å². The number of nitrogens with one attached hydrogen (secondary N) is 1. The lowest BCUT2D eigenvalue weighted by molar-refractivity contribution is -0.146. The molecule has 0 fully saturated rings. The highest BCUT2D eigenvalue weighted by atomic mass is 16.5. The third-order valence-corrected chi connectivity index (χ3v) is 2.94. The van der Waals surface area contributed by atoms with E-state index < -0.39 is 11.5 Å². The molecule has 90 valence electrons. The number of hydrogen-bond donors (Lipinski definition) is 1. The first-order valence-electron chi connectivity index (χ1n) is 5.60. The van der Waals surface area contributed by atoms with Gasteiger partial charge in [0.05, 0.1) is 6.61 Å². The van der Waals surface area contributed by atoms with Gasteiger partial charge in [-0.05, 0) is 32.9 Å². The maximum Gasteiger partial charge on any atom is 0.339 e. The monoisotopic (exact) mass is 233 g/mol. The highest BCUT2D eigenvalue weighted by molar-refractivity contribution is 6.24. The second-order valence-electron chi connectivity index (χ2n) is 4.35. The fraction of sp³-hybridized carbons (Fsp3) is 0.385. The van der Waals surface area contributed by atoms with Crippen molar-refractivity contribution in [2.45, 2.75) is 26.3 Å². The Balaban J connectivity index is 2.39. The summed E-state index contributed by atoms with van der Waals surface area (Å²) in [6, 6.07) is 5.50. The molecule has 1 aliphatic rings. The fourth-order valence-electron chi connectivity index (χ4n) is 1.97. The summed E-state index contributed by atoms with van der Waals surface area (Å²) in [4.78, 5) is 24.0. The molecule has 2 rings (SSSR count). The van der Waals surface area contributed by atoms with Gasteiger partial charge in [-0.2, -0.15) is 0 Å². The van der Waals surface area contributed by atoms with Crippen molar-refractivity contribution in [3.05, 3.63) is 29.3 Å². The normalized spacial score (nSPS) is 21.9. The number of carbonyl (C=O) groups is 2. The smallest absolute Gasteiger partial charge is 0.339 e. The molecule has 0 aliphatic carbocycles. The standard InChI is InChI=1S/C13H15NO3/c1-4-17-12(16)13(3)11(15)9-7-8(2)5-6-10(9)14-13/h5-7,14H,4H2,1-3H3. The molecule has 4 nitrogen and oxygen atoms in total. The first-order valence-corrected chi connectivity index (χ1v) is 5.60. The molecule has 0 radical (unpaired) electrons. The minimum Gasteiger partial charge on any atom is -0.464 e. The van der Waals surface area contributed by atoms with Crippen LogP contribution in [0, 0.1) is 6.92 Å². The van der Waals surface area contributed by atoms with Crippen LogP contribution in [0.1, 0.15) is 29.8 Å². The van der Waals surface area contributed by atoms with Gasteiger partial charge in [0, 0.05) is 11.3 Å². The van der Waals surface area contributed by atoms with E-state index in [2.05, 4.69) is 5.32 Å². The molecule has 0 saturated carbocycles. The third-order valence-electron chi connectivity index (χ3n) is 2.94. The van der Waals surface area contributed by atoms with Crippen LogP contribution < -0.4 is 5.32 Å². The average molecular weight is 233 g/mol. The third kappa shape index (κ3) is 1.69. The molecule has 0 saturated heterocycles. The summed E-state index contributed by atoms with van der Waals surface area (Å²) in [6.45, 7) is 5.45. The quantitative estimate of drug-likeness (QED) is 0.626. The van der Waals surface area contributed by atoms with E-state index in [9.17, 15) is 9.59 Å². The van der Waals surface area contributed by atoms with Crippen molar-refractivity contribution >= 4 is 17.4 Å². The number of aryl methyl sites for hydroxylation is 1. The highest BCUT2D eigenvalue weighted by Crippen LogP contribution is 2.33. The van der Waals surface area contributed by atoms with Gasteiger partial charge >= 0.3 is 5.97 Å². The van der Waals surface area contributed by atoms with Crippen LogP contribution in [0.25, 0.3) is 0 Å². The van der Waals surface area contributed by atoms with Crippen molar-refractivity contribution in [3.63, 3.8) is 0 Å². The van der Waals surface area contributed by atoms with E-state index in [-0.39, 0.29) is 12.4 Å². The molecule has 1 aromatic carbocycles. The van der Waals surface area contributed by atoms with E-state index in [1.54, 1.807) is 19.9 Å². The van der Waals surface area contributed by atoms with Gasteiger partial charge in [0.2, 0.25) is 5.78 Å². The zero-order valence-electron chi connectivity index (χ0n) is 10.2.